The number of fused-ring (bicyclic) bond motifs is 3. The first kappa shape index (κ1) is 16.2. The van der Waals surface area contributed by atoms with E-state index < -0.39 is 0 Å². The summed E-state index contributed by atoms with van der Waals surface area (Å²) in [6.07, 6.45) is 4.03. The van der Waals surface area contributed by atoms with E-state index in [0.717, 1.165) is 12.1 Å². The monoisotopic (exact) mass is 348 g/mol. The van der Waals surface area contributed by atoms with E-state index >= 15 is 0 Å². The number of rotatable bonds is 4. The number of hydrogen-bond donors (Lipinski definition) is 2. The highest BCUT2D eigenvalue weighted by Gasteiger charge is 2.14. The van der Waals surface area contributed by atoms with E-state index in [4.69, 9.17) is 0 Å². The maximum Gasteiger partial charge on any atom is 0.258 e. The Morgan fingerprint density at radius 3 is 2.88 bits per heavy atom. The van der Waals surface area contributed by atoms with E-state index in [-0.39, 0.29) is 17.4 Å². The minimum Gasteiger partial charge on any atom is -0.367 e. The Bertz CT molecular complexity index is 1140. The second-order valence-corrected chi connectivity index (χ2v) is 6.29. The van der Waals surface area contributed by atoms with Crippen molar-refractivity contribution in [2.45, 2.75) is 19.4 Å². The van der Waals surface area contributed by atoms with Crippen LogP contribution in [0.25, 0.3) is 21.7 Å². The molecule has 0 saturated heterocycles. The summed E-state index contributed by atoms with van der Waals surface area (Å²) in [5.41, 5.74) is 1.22. The number of nitrogens with zero attached hydrogens (tertiary/aromatic N) is 2. The number of aromatic amines is 1. The van der Waals surface area contributed by atoms with Crippen molar-refractivity contribution < 1.29 is 4.39 Å². The van der Waals surface area contributed by atoms with Gasteiger partial charge < -0.3 is 10.3 Å². The molecule has 1 aromatic carbocycles. The molecule has 4 aromatic rings. The lowest BCUT2D eigenvalue weighted by Crippen LogP contribution is -2.20. The topological polar surface area (TPSA) is 70.7 Å². The van der Waals surface area contributed by atoms with Crippen molar-refractivity contribution in [1.29, 1.82) is 0 Å². The minimum atomic E-state index is -0.388. The maximum absolute atomic E-state index is 13.8. The molecular formula is C20H17FN4O. The number of benzene rings is 1. The highest BCUT2D eigenvalue weighted by Crippen LogP contribution is 2.28. The van der Waals surface area contributed by atoms with Crippen LogP contribution in [-0.2, 0) is 6.42 Å². The van der Waals surface area contributed by atoms with Crippen LogP contribution in [0.2, 0.25) is 0 Å². The van der Waals surface area contributed by atoms with E-state index in [1.54, 1.807) is 24.5 Å². The van der Waals surface area contributed by atoms with Crippen LogP contribution >= 0.6 is 0 Å². The summed E-state index contributed by atoms with van der Waals surface area (Å²) in [4.78, 5) is 23.8. The van der Waals surface area contributed by atoms with Crippen molar-refractivity contribution in [3.05, 3.63) is 76.7 Å². The van der Waals surface area contributed by atoms with Crippen LogP contribution in [0.15, 0.2) is 59.7 Å². The summed E-state index contributed by atoms with van der Waals surface area (Å²) in [7, 11) is 0. The maximum atomic E-state index is 13.8. The molecule has 0 amide bonds. The quantitative estimate of drug-likeness (QED) is 0.552. The van der Waals surface area contributed by atoms with Crippen molar-refractivity contribution in [2.75, 3.05) is 5.32 Å². The standard InChI is InChI=1S/C20H17FN4O/c1-12(10-14-4-2-3-8-22-14)24-19-15-6-5-13(21)11-16(15)18-17(25-19)7-9-23-20(18)26/h2-9,11-12H,10H2,1H3,(H,23,26)(H,24,25). The number of halogens is 1. The van der Waals surface area contributed by atoms with Crippen molar-refractivity contribution in [3.8, 4) is 0 Å². The third-order valence-electron chi connectivity index (χ3n) is 4.30. The number of hydrogen-bond acceptors (Lipinski definition) is 4. The predicted molar refractivity (Wildman–Crippen MR) is 101 cm³/mol. The Morgan fingerprint density at radius 2 is 2.08 bits per heavy atom. The van der Waals surface area contributed by atoms with Crippen molar-refractivity contribution in [1.82, 2.24) is 15.0 Å². The highest BCUT2D eigenvalue weighted by atomic mass is 19.1. The zero-order valence-electron chi connectivity index (χ0n) is 14.2. The lowest BCUT2D eigenvalue weighted by Gasteiger charge is -2.17. The average molecular weight is 348 g/mol. The number of nitrogens with one attached hydrogen (secondary N) is 2. The predicted octanol–water partition coefficient (Wildman–Crippen LogP) is 3.65. The molecule has 0 bridgehead atoms. The molecule has 26 heavy (non-hydrogen) atoms. The van der Waals surface area contributed by atoms with Gasteiger partial charge in [-0.25, -0.2) is 9.37 Å². The van der Waals surface area contributed by atoms with Gasteiger partial charge in [0.2, 0.25) is 0 Å². The van der Waals surface area contributed by atoms with Crippen LogP contribution in [0.1, 0.15) is 12.6 Å². The zero-order chi connectivity index (χ0) is 18.1. The van der Waals surface area contributed by atoms with Crippen molar-refractivity contribution in [2.24, 2.45) is 0 Å². The fraction of sp³-hybridized carbons (Fsp3) is 0.150. The van der Waals surface area contributed by atoms with E-state index in [1.807, 2.05) is 25.1 Å². The van der Waals surface area contributed by atoms with Crippen molar-refractivity contribution in [3.63, 3.8) is 0 Å². The van der Waals surface area contributed by atoms with E-state index in [2.05, 4.69) is 20.3 Å². The SMILES string of the molecule is CC(Cc1ccccn1)Nc1nc2cc[nH]c(=O)c2c2cc(F)ccc12. The summed E-state index contributed by atoms with van der Waals surface area (Å²) in [6.45, 7) is 2.04. The second-order valence-electron chi connectivity index (χ2n) is 6.29. The van der Waals surface area contributed by atoms with Crippen LogP contribution in [0.4, 0.5) is 10.2 Å². The van der Waals surface area contributed by atoms with Gasteiger partial charge in [0.25, 0.3) is 5.56 Å². The molecule has 0 fully saturated rings. The molecule has 5 nitrogen and oxygen atoms in total. The van der Waals surface area contributed by atoms with Gasteiger partial charge in [0.1, 0.15) is 11.6 Å². The molecule has 1 unspecified atom stereocenters. The van der Waals surface area contributed by atoms with E-state index in [1.165, 1.54) is 12.1 Å². The van der Waals surface area contributed by atoms with Gasteiger partial charge in [-0.1, -0.05) is 6.07 Å². The zero-order valence-corrected chi connectivity index (χ0v) is 14.2. The summed E-state index contributed by atoms with van der Waals surface area (Å²) < 4.78 is 13.8. The van der Waals surface area contributed by atoms with Crippen LogP contribution < -0.4 is 10.9 Å². The highest BCUT2D eigenvalue weighted by molar-refractivity contribution is 6.09. The van der Waals surface area contributed by atoms with Gasteiger partial charge in [0.05, 0.1) is 10.9 Å². The van der Waals surface area contributed by atoms with Crippen LogP contribution in [0.5, 0.6) is 0 Å². The van der Waals surface area contributed by atoms with Crippen LogP contribution in [0.3, 0.4) is 0 Å². The molecular weight excluding hydrogens is 331 g/mol. The second kappa shape index (κ2) is 6.55. The van der Waals surface area contributed by atoms with Gasteiger partial charge >= 0.3 is 0 Å². The molecule has 0 aliphatic heterocycles. The molecule has 3 heterocycles. The summed E-state index contributed by atoms with van der Waals surface area (Å²) in [6, 6.07) is 12.0. The lowest BCUT2D eigenvalue weighted by atomic mass is 10.1. The summed E-state index contributed by atoms with van der Waals surface area (Å²) in [5, 5.41) is 5.03. The van der Waals surface area contributed by atoms with Gasteiger partial charge in [-0.3, -0.25) is 9.78 Å². The first-order valence-electron chi connectivity index (χ1n) is 8.39. The third-order valence-corrected chi connectivity index (χ3v) is 4.30. The first-order chi connectivity index (χ1) is 12.6. The Balaban J connectivity index is 1.80. The Labute approximate surface area is 148 Å². The van der Waals surface area contributed by atoms with E-state index in [9.17, 15) is 9.18 Å². The summed E-state index contributed by atoms with van der Waals surface area (Å²) >= 11 is 0. The molecule has 3 aromatic heterocycles. The molecule has 6 heteroatoms. The number of aromatic nitrogens is 3. The third kappa shape index (κ3) is 3.01. The molecule has 0 aliphatic carbocycles. The van der Waals surface area contributed by atoms with E-state index in [0.29, 0.717) is 27.5 Å². The van der Waals surface area contributed by atoms with Crippen molar-refractivity contribution >= 4 is 27.5 Å². The largest absolute Gasteiger partial charge is 0.367 e. The Morgan fingerprint density at radius 1 is 1.19 bits per heavy atom. The number of H-pyrrole nitrogens is 1. The average Bonchev–Trinajstić information content (AvgIpc) is 2.62. The lowest BCUT2D eigenvalue weighted by molar-refractivity contribution is 0.630. The number of pyridine rings is 3. The molecule has 0 spiro atoms. The first-order valence-corrected chi connectivity index (χ1v) is 8.39. The molecule has 1 atom stereocenters. The Hall–Kier alpha value is -3.28. The fourth-order valence-corrected chi connectivity index (χ4v) is 3.16. The summed E-state index contributed by atoms with van der Waals surface area (Å²) in [5.74, 6) is 0.238. The van der Waals surface area contributed by atoms with Gasteiger partial charge in [-0.2, -0.15) is 0 Å². The molecule has 0 aliphatic rings. The van der Waals surface area contributed by atoms with Crippen LogP contribution in [-0.4, -0.2) is 21.0 Å². The van der Waals surface area contributed by atoms with Gasteiger partial charge in [0, 0.05) is 41.3 Å². The smallest absolute Gasteiger partial charge is 0.258 e. The number of anilines is 1. The normalized spacial score (nSPS) is 12.4. The van der Waals surface area contributed by atoms with Gasteiger partial charge in [-0.05, 0) is 43.3 Å². The Kier molecular flexibility index (Phi) is 4.08. The molecule has 0 radical (unpaired) electrons. The van der Waals surface area contributed by atoms with Gasteiger partial charge in [-0.15, -0.1) is 0 Å². The van der Waals surface area contributed by atoms with Gasteiger partial charge in [0.15, 0.2) is 0 Å². The molecule has 130 valence electrons. The minimum absolute atomic E-state index is 0.0603. The fourth-order valence-electron chi connectivity index (χ4n) is 3.16. The molecule has 0 saturated carbocycles. The van der Waals surface area contributed by atoms with Crippen LogP contribution in [0, 0.1) is 5.82 Å². The molecule has 4 rings (SSSR count). The molecule has 2 N–H and O–H groups in total.